The van der Waals surface area contributed by atoms with Crippen molar-refractivity contribution >= 4 is 10.9 Å². The van der Waals surface area contributed by atoms with Gasteiger partial charge in [0.25, 0.3) is 5.56 Å². The molecule has 0 unspecified atom stereocenters. The normalized spacial score (nSPS) is 10.6. The lowest BCUT2D eigenvalue weighted by molar-refractivity contribution is 0.415. The van der Waals surface area contributed by atoms with E-state index < -0.39 is 0 Å². The zero-order valence-electron chi connectivity index (χ0n) is 9.41. The molecular weight excluding hydrogens is 204 g/mol. The van der Waals surface area contributed by atoms with E-state index in [1.807, 2.05) is 0 Å². The maximum atomic E-state index is 11.7. The van der Waals surface area contributed by atoms with Crippen LogP contribution in [0, 0.1) is 0 Å². The molecule has 1 aromatic carbocycles. The number of benzene rings is 1. The second-order valence-electron chi connectivity index (χ2n) is 3.65. The van der Waals surface area contributed by atoms with Crippen LogP contribution in [0.15, 0.2) is 23.0 Å². The fourth-order valence-electron chi connectivity index (χ4n) is 1.65. The molecule has 0 fully saturated rings. The lowest BCUT2D eigenvalue weighted by Gasteiger charge is -2.03. The highest BCUT2D eigenvalue weighted by Crippen LogP contribution is 2.16. The minimum atomic E-state index is -0.0869. The monoisotopic (exact) mass is 218 g/mol. The van der Waals surface area contributed by atoms with E-state index in [9.17, 15) is 4.79 Å². The molecule has 0 aliphatic heterocycles. The van der Waals surface area contributed by atoms with Crippen molar-refractivity contribution in [3.8, 4) is 5.75 Å². The number of nitrogens with one attached hydrogen (secondary N) is 1. The molecule has 0 saturated heterocycles. The number of aromatic nitrogens is 2. The third kappa shape index (κ3) is 1.91. The molecule has 0 aliphatic carbocycles. The molecule has 0 spiro atoms. The average Bonchev–Trinajstić information content (AvgIpc) is 2.28. The third-order valence-electron chi connectivity index (χ3n) is 2.45. The highest BCUT2D eigenvalue weighted by atomic mass is 16.5. The van der Waals surface area contributed by atoms with Crippen LogP contribution >= 0.6 is 0 Å². The SMILES string of the molecule is CCCc1nc2cc(OC)ccc2c(=O)[nH]1. The van der Waals surface area contributed by atoms with Gasteiger partial charge in [0, 0.05) is 12.5 Å². The van der Waals surface area contributed by atoms with Gasteiger partial charge in [0.2, 0.25) is 0 Å². The summed E-state index contributed by atoms with van der Waals surface area (Å²) < 4.78 is 5.11. The first-order chi connectivity index (χ1) is 7.74. The molecule has 0 bridgehead atoms. The van der Waals surface area contributed by atoms with E-state index in [1.54, 1.807) is 25.3 Å². The number of hydrogen-bond donors (Lipinski definition) is 1. The van der Waals surface area contributed by atoms with Crippen molar-refractivity contribution < 1.29 is 4.74 Å². The Labute approximate surface area is 93.3 Å². The molecule has 0 radical (unpaired) electrons. The van der Waals surface area contributed by atoms with E-state index in [2.05, 4.69) is 16.9 Å². The van der Waals surface area contributed by atoms with Gasteiger partial charge in [-0.1, -0.05) is 6.92 Å². The van der Waals surface area contributed by atoms with Crippen LogP contribution in [0.2, 0.25) is 0 Å². The fraction of sp³-hybridized carbons (Fsp3) is 0.333. The molecule has 0 amide bonds. The Bertz CT molecular complexity index is 560. The maximum Gasteiger partial charge on any atom is 0.258 e. The zero-order chi connectivity index (χ0) is 11.5. The fourth-order valence-corrected chi connectivity index (χ4v) is 1.65. The molecule has 4 heteroatoms. The molecule has 2 rings (SSSR count). The summed E-state index contributed by atoms with van der Waals surface area (Å²) in [6.45, 7) is 2.05. The number of H-pyrrole nitrogens is 1. The second kappa shape index (κ2) is 4.35. The predicted molar refractivity (Wildman–Crippen MR) is 62.9 cm³/mol. The lowest BCUT2D eigenvalue weighted by atomic mass is 10.2. The molecule has 2 aromatic rings. The number of aryl methyl sites for hydroxylation is 1. The summed E-state index contributed by atoms with van der Waals surface area (Å²) in [4.78, 5) is 18.9. The topological polar surface area (TPSA) is 55.0 Å². The van der Waals surface area contributed by atoms with Gasteiger partial charge in [0.1, 0.15) is 11.6 Å². The number of rotatable bonds is 3. The van der Waals surface area contributed by atoms with Gasteiger partial charge < -0.3 is 9.72 Å². The van der Waals surface area contributed by atoms with E-state index in [4.69, 9.17) is 4.74 Å². The maximum absolute atomic E-state index is 11.7. The minimum Gasteiger partial charge on any atom is -0.497 e. The number of hydrogen-bond acceptors (Lipinski definition) is 3. The van der Waals surface area contributed by atoms with Crippen molar-refractivity contribution in [1.29, 1.82) is 0 Å². The molecule has 1 aromatic heterocycles. The Kier molecular flexibility index (Phi) is 2.90. The van der Waals surface area contributed by atoms with Crippen molar-refractivity contribution in [3.05, 3.63) is 34.4 Å². The zero-order valence-corrected chi connectivity index (χ0v) is 9.41. The Hall–Kier alpha value is -1.84. The highest BCUT2D eigenvalue weighted by Gasteiger charge is 2.04. The first-order valence-corrected chi connectivity index (χ1v) is 5.31. The van der Waals surface area contributed by atoms with Gasteiger partial charge >= 0.3 is 0 Å². The standard InChI is InChI=1S/C12H14N2O2/c1-3-4-11-13-10-7-8(16-2)5-6-9(10)12(15)14-11/h5-7H,3-4H2,1-2H3,(H,13,14,15). The first kappa shape index (κ1) is 10.7. The van der Waals surface area contributed by atoms with Gasteiger partial charge in [0.15, 0.2) is 0 Å². The Balaban J connectivity index is 2.63. The molecule has 0 atom stereocenters. The summed E-state index contributed by atoms with van der Waals surface area (Å²) >= 11 is 0. The molecule has 0 aliphatic rings. The van der Waals surface area contributed by atoms with Crippen molar-refractivity contribution in [1.82, 2.24) is 9.97 Å². The second-order valence-corrected chi connectivity index (χ2v) is 3.65. The highest BCUT2D eigenvalue weighted by molar-refractivity contribution is 5.78. The van der Waals surface area contributed by atoms with Gasteiger partial charge in [-0.2, -0.15) is 0 Å². The number of nitrogens with zero attached hydrogens (tertiary/aromatic N) is 1. The molecular formula is C12H14N2O2. The Morgan fingerprint density at radius 2 is 2.25 bits per heavy atom. The predicted octanol–water partition coefficient (Wildman–Crippen LogP) is 1.88. The van der Waals surface area contributed by atoms with Crippen LogP contribution in [0.1, 0.15) is 19.2 Å². The number of aromatic amines is 1. The summed E-state index contributed by atoms with van der Waals surface area (Å²) in [6.07, 6.45) is 1.74. The average molecular weight is 218 g/mol. The molecule has 84 valence electrons. The molecule has 1 heterocycles. The largest absolute Gasteiger partial charge is 0.497 e. The summed E-state index contributed by atoms with van der Waals surface area (Å²) in [6, 6.07) is 5.28. The van der Waals surface area contributed by atoms with E-state index in [0.717, 1.165) is 18.7 Å². The van der Waals surface area contributed by atoms with Gasteiger partial charge in [-0.25, -0.2) is 4.98 Å². The molecule has 4 nitrogen and oxygen atoms in total. The van der Waals surface area contributed by atoms with Crippen molar-refractivity contribution in [3.63, 3.8) is 0 Å². The van der Waals surface area contributed by atoms with Gasteiger partial charge in [-0.15, -0.1) is 0 Å². The summed E-state index contributed by atoms with van der Waals surface area (Å²) in [7, 11) is 1.60. The number of fused-ring (bicyclic) bond motifs is 1. The molecule has 0 saturated carbocycles. The van der Waals surface area contributed by atoms with Crippen molar-refractivity contribution in [2.75, 3.05) is 7.11 Å². The molecule has 1 N–H and O–H groups in total. The Morgan fingerprint density at radius 3 is 2.94 bits per heavy atom. The van der Waals surface area contributed by atoms with Gasteiger partial charge in [-0.05, 0) is 18.6 Å². The van der Waals surface area contributed by atoms with Crippen LogP contribution in [0.3, 0.4) is 0 Å². The van der Waals surface area contributed by atoms with Crippen LogP contribution in [0.5, 0.6) is 5.75 Å². The van der Waals surface area contributed by atoms with Gasteiger partial charge in [0.05, 0.1) is 18.0 Å². The minimum absolute atomic E-state index is 0.0869. The number of methoxy groups -OCH3 is 1. The van der Waals surface area contributed by atoms with Crippen molar-refractivity contribution in [2.45, 2.75) is 19.8 Å². The van der Waals surface area contributed by atoms with Crippen LogP contribution < -0.4 is 10.3 Å². The third-order valence-corrected chi connectivity index (χ3v) is 2.45. The van der Waals surface area contributed by atoms with Crippen LogP contribution in [0.25, 0.3) is 10.9 Å². The summed E-state index contributed by atoms with van der Waals surface area (Å²) in [5, 5.41) is 0.598. The smallest absolute Gasteiger partial charge is 0.258 e. The van der Waals surface area contributed by atoms with Crippen LogP contribution in [-0.4, -0.2) is 17.1 Å². The first-order valence-electron chi connectivity index (χ1n) is 5.31. The van der Waals surface area contributed by atoms with E-state index >= 15 is 0 Å². The van der Waals surface area contributed by atoms with Crippen molar-refractivity contribution in [2.24, 2.45) is 0 Å². The number of ether oxygens (including phenoxy) is 1. The molecule has 16 heavy (non-hydrogen) atoms. The Morgan fingerprint density at radius 1 is 1.44 bits per heavy atom. The van der Waals surface area contributed by atoms with E-state index in [-0.39, 0.29) is 5.56 Å². The summed E-state index contributed by atoms with van der Waals surface area (Å²) in [5.74, 6) is 1.45. The van der Waals surface area contributed by atoms with E-state index in [1.165, 1.54) is 0 Å². The lowest BCUT2D eigenvalue weighted by Crippen LogP contribution is -2.11. The van der Waals surface area contributed by atoms with E-state index in [0.29, 0.717) is 16.7 Å². The summed E-state index contributed by atoms with van der Waals surface area (Å²) in [5.41, 5.74) is 0.600. The van der Waals surface area contributed by atoms with Crippen LogP contribution in [-0.2, 0) is 6.42 Å². The quantitative estimate of drug-likeness (QED) is 0.855. The van der Waals surface area contributed by atoms with Crippen LogP contribution in [0.4, 0.5) is 0 Å². The van der Waals surface area contributed by atoms with Gasteiger partial charge in [-0.3, -0.25) is 4.79 Å².